The quantitative estimate of drug-likeness (QED) is 0.824. The molecule has 0 aliphatic carbocycles. The van der Waals surface area contributed by atoms with Crippen LogP contribution in [0.1, 0.15) is 54.7 Å². The molecule has 2 rings (SSSR count). The van der Waals surface area contributed by atoms with Crippen molar-refractivity contribution in [3.05, 3.63) is 53.7 Å². The molecule has 0 saturated heterocycles. The third kappa shape index (κ3) is 4.43. The predicted octanol–water partition coefficient (Wildman–Crippen LogP) is 2.84. The highest BCUT2D eigenvalue weighted by Gasteiger charge is 2.17. The maximum Gasteiger partial charge on any atom is 0.273 e. The van der Waals surface area contributed by atoms with Crippen LogP contribution < -0.4 is 11.1 Å². The van der Waals surface area contributed by atoms with E-state index in [1.807, 2.05) is 32.0 Å². The van der Waals surface area contributed by atoms with Crippen molar-refractivity contribution < 1.29 is 9.21 Å². The number of nitrogens with zero attached hydrogens (tertiary/aromatic N) is 1. The standard InChI is InChI=1S/C17H23N3O2/c1-3-14(18)17-20-15(11-22-17)16(21)19-12(2)9-10-13-7-5-4-6-8-13/h4-8,11-12,14H,3,9-10,18H2,1-2H3,(H,19,21). The summed E-state index contributed by atoms with van der Waals surface area (Å²) < 4.78 is 5.25. The van der Waals surface area contributed by atoms with Gasteiger partial charge in [-0.1, -0.05) is 37.3 Å². The number of aromatic nitrogens is 1. The Balaban J connectivity index is 1.84. The topological polar surface area (TPSA) is 81.1 Å². The molecular formula is C17H23N3O2. The first-order valence-electron chi connectivity index (χ1n) is 7.66. The molecule has 118 valence electrons. The molecule has 2 atom stereocenters. The number of nitrogens with one attached hydrogen (secondary N) is 1. The number of rotatable bonds is 7. The van der Waals surface area contributed by atoms with Gasteiger partial charge in [0.25, 0.3) is 5.91 Å². The van der Waals surface area contributed by atoms with Crippen molar-refractivity contribution >= 4 is 5.91 Å². The van der Waals surface area contributed by atoms with E-state index in [4.69, 9.17) is 10.2 Å². The van der Waals surface area contributed by atoms with Crippen LogP contribution in [-0.4, -0.2) is 16.9 Å². The Morgan fingerprint density at radius 3 is 2.77 bits per heavy atom. The first kappa shape index (κ1) is 16.2. The molecule has 0 radical (unpaired) electrons. The molecule has 2 unspecified atom stereocenters. The molecule has 2 aromatic rings. The average molecular weight is 301 g/mol. The highest BCUT2D eigenvalue weighted by Crippen LogP contribution is 2.13. The van der Waals surface area contributed by atoms with Gasteiger partial charge < -0.3 is 15.5 Å². The van der Waals surface area contributed by atoms with Crippen LogP contribution in [0.2, 0.25) is 0 Å². The molecule has 0 saturated carbocycles. The Bertz CT molecular complexity index is 595. The van der Waals surface area contributed by atoms with Gasteiger partial charge in [-0.3, -0.25) is 4.79 Å². The monoisotopic (exact) mass is 301 g/mol. The first-order chi connectivity index (χ1) is 10.6. The molecule has 0 fully saturated rings. The summed E-state index contributed by atoms with van der Waals surface area (Å²) in [6, 6.07) is 10.0. The lowest BCUT2D eigenvalue weighted by Crippen LogP contribution is -2.33. The molecule has 0 spiro atoms. The van der Waals surface area contributed by atoms with E-state index in [9.17, 15) is 4.79 Å². The van der Waals surface area contributed by atoms with E-state index in [-0.39, 0.29) is 23.7 Å². The minimum Gasteiger partial charge on any atom is -0.446 e. The number of oxazole rings is 1. The lowest BCUT2D eigenvalue weighted by Gasteiger charge is -2.12. The van der Waals surface area contributed by atoms with Gasteiger partial charge in [0, 0.05) is 6.04 Å². The van der Waals surface area contributed by atoms with E-state index in [0.717, 1.165) is 19.3 Å². The number of hydrogen-bond acceptors (Lipinski definition) is 4. The van der Waals surface area contributed by atoms with Gasteiger partial charge in [-0.25, -0.2) is 4.98 Å². The largest absolute Gasteiger partial charge is 0.446 e. The smallest absolute Gasteiger partial charge is 0.273 e. The van der Waals surface area contributed by atoms with Crippen LogP contribution in [0, 0.1) is 0 Å². The molecule has 1 heterocycles. The average Bonchev–Trinajstić information content (AvgIpc) is 3.03. The van der Waals surface area contributed by atoms with Gasteiger partial charge in [0.2, 0.25) is 5.89 Å². The molecule has 22 heavy (non-hydrogen) atoms. The first-order valence-corrected chi connectivity index (χ1v) is 7.66. The van der Waals surface area contributed by atoms with Crippen molar-refractivity contribution in [2.75, 3.05) is 0 Å². The molecule has 0 bridgehead atoms. The van der Waals surface area contributed by atoms with Gasteiger partial charge in [0.05, 0.1) is 6.04 Å². The number of aryl methyl sites for hydroxylation is 1. The van der Waals surface area contributed by atoms with E-state index in [1.165, 1.54) is 11.8 Å². The van der Waals surface area contributed by atoms with Crippen LogP contribution >= 0.6 is 0 Å². The van der Waals surface area contributed by atoms with E-state index in [0.29, 0.717) is 5.89 Å². The van der Waals surface area contributed by atoms with Crippen LogP contribution in [0.15, 0.2) is 41.0 Å². The summed E-state index contributed by atoms with van der Waals surface area (Å²) in [6.45, 7) is 3.93. The fourth-order valence-electron chi connectivity index (χ4n) is 2.13. The van der Waals surface area contributed by atoms with Gasteiger partial charge in [-0.2, -0.15) is 0 Å². The lowest BCUT2D eigenvalue weighted by atomic mass is 10.1. The van der Waals surface area contributed by atoms with Crippen molar-refractivity contribution in [1.82, 2.24) is 10.3 Å². The van der Waals surface area contributed by atoms with E-state index in [2.05, 4.69) is 22.4 Å². The highest BCUT2D eigenvalue weighted by molar-refractivity contribution is 5.92. The van der Waals surface area contributed by atoms with Crippen LogP contribution in [0.5, 0.6) is 0 Å². The maximum atomic E-state index is 12.1. The van der Waals surface area contributed by atoms with Crippen molar-refractivity contribution in [3.8, 4) is 0 Å². The maximum absolute atomic E-state index is 12.1. The Kier molecular flexibility index (Phi) is 5.72. The molecule has 3 N–H and O–H groups in total. The minimum atomic E-state index is -0.267. The van der Waals surface area contributed by atoms with Crippen molar-refractivity contribution in [1.29, 1.82) is 0 Å². The second-order valence-corrected chi connectivity index (χ2v) is 5.48. The van der Waals surface area contributed by atoms with Crippen molar-refractivity contribution in [3.63, 3.8) is 0 Å². The summed E-state index contributed by atoms with van der Waals surface area (Å²) in [4.78, 5) is 16.3. The number of carbonyl (C=O) groups is 1. The Morgan fingerprint density at radius 1 is 1.36 bits per heavy atom. The molecular weight excluding hydrogens is 278 g/mol. The molecule has 0 aliphatic rings. The summed E-state index contributed by atoms with van der Waals surface area (Å²) in [7, 11) is 0. The fourth-order valence-corrected chi connectivity index (χ4v) is 2.13. The lowest BCUT2D eigenvalue weighted by molar-refractivity contribution is 0.0933. The zero-order valence-corrected chi connectivity index (χ0v) is 13.1. The van der Waals surface area contributed by atoms with E-state index < -0.39 is 0 Å². The van der Waals surface area contributed by atoms with E-state index >= 15 is 0 Å². The minimum absolute atomic E-state index is 0.0627. The zero-order valence-electron chi connectivity index (χ0n) is 13.1. The third-order valence-corrected chi connectivity index (χ3v) is 3.60. The summed E-state index contributed by atoms with van der Waals surface area (Å²) in [5, 5.41) is 2.93. The number of nitrogens with two attached hydrogens (primary N) is 1. The second-order valence-electron chi connectivity index (χ2n) is 5.48. The third-order valence-electron chi connectivity index (χ3n) is 3.60. The number of carbonyl (C=O) groups excluding carboxylic acids is 1. The molecule has 0 aliphatic heterocycles. The predicted molar refractivity (Wildman–Crippen MR) is 85.4 cm³/mol. The van der Waals surface area contributed by atoms with Crippen LogP contribution in [-0.2, 0) is 6.42 Å². The van der Waals surface area contributed by atoms with Gasteiger partial charge >= 0.3 is 0 Å². The number of benzene rings is 1. The number of hydrogen-bond donors (Lipinski definition) is 2. The molecule has 5 heteroatoms. The Morgan fingerprint density at radius 2 is 2.09 bits per heavy atom. The second kappa shape index (κ2) is 7.75. The van der Waals surface area contributed by atoms with Gasteiger partial charge in [-0.05, 0) is 31.7 Å². The SMILES string of the molecule is CCC(N)c1nc(C(=O)NC(C)CCc2ccccc2)co1. The summed E-state index contributed by atoms with van der Waals surface area (Å²) in [5.74, 6) is 0.184. The summed E-state index contributed by atoms with van der Waals surface area (Å²) >= 11 is 0. The fraction of sp³-hybridized carbons (Fsp3) is 0.412. The van der Waals surface area contributed by atoms with Crippen LogP contribution in [0.4, 0.5) is 0 Å². The molecule has 5 nitrogen and oxygen atoms in total. The Hall–Kier alpha value is -2.14. The molecule has 1 amide bonds. The van der Waals surface area contributed by atoms with Crippen LogP contribution in [0.25, 0.3) is 0 Å². The summed E-state index contributed by atoms with van der Waals surface area (Å²) in [6.07, 6.45) is 3.88. The summed E-state index contributed by atoms with van der Waals surface area (Å²) in [5.41, 5.74) is 7.38. The van der Waals surface area contributed by atoms with Gasteiger partial charge in [0.1, 0.15) is 6.26 Å². The normalized spacial score (nSPS) is 13.6. The van der Waals surface area contributed by atoms with Crippen molar-refractivity contribution in [2.24, 2.45) is 5.73 Å². The zero-order chi connectivity index (χ0) is 15.9. The van der Waals surface area contributed by atoms with Crippen LogP contribution in [0.3, 0.4) is 0 Å². The molecule has 1 aromatic heterocycles. The Labute approximate surface area is 130 Å². The molecule has 1 aromatic carbocycles. The van der Waals surface area contributed by atoms with Gasteiger partial charge in [0.15, 0.2) is 5.69 Å². The highest BCUT2D eigenvalue weighted by atomic mass is 16.3. The van der Waals surface area contributed by atoms with Crippen molar-refractivity contribution in [2.45, 2.75) is 45.2 Å². The number of amides is 1. The van der Waals surface area contributed by atoms with E-state index in [1.54, 1.807) is 0 Å². The van der Waals surface area contributed by atoms with Gasteiger partial charge in [-0.15, -0.1) is 0 Å².